The number of unbranched alkanes of at least 4 members (excludes halogenated alkanes) is 2. The highest BCUT2D eigenvalue weighted by Crippen LogP contribution is 2.19. The molecule has 3 aromatic rings. The number of benzene rings is 2. The van der Waals surface area contributed by atoms with Crippen LogP contribution in [0.4, 0.5) is 0 Å². The molecular weight excluding hydrogens is 427 g/mol. The van der Waals surface area contributed by atoms with Crippen molar-refractivity contribution in [3.63, 3.8) is 0 Å². The van der Waals surface area contributed by atoms with E-state index in [1.165, 1.54) is 22.9 Å². The number of nitrogens with zero attached hydrogens (tertiary/aromatic N) is 2. The van der Waals surface area contributed by atoms with Gasteiger partial charge in [0, 0.05) is 27.5 Å². The van der Waals surface area contributed by atoms with Gasteiger partial charge in [-0.15, -0.1) is 0 Å². The standard InChI is InChI=1S/C21H20Cl2N4O3/c1-2-3-6-9-27-21(30)17-8-5-4-7-16(17)18(26-27)20(29)25-24-19(28)13-10-14(22)12-15(23)11-13/h4-5,7-8,10-12H,2-3,6,9H2,1H3,(H,24,28)(H,25,29). The number of rotatable bonds is 6. The van der Waals surface area contributed by atoms with E-state index in [1.807, 2.05) is 0 Å². The van der Waals surface area contributed by atoms with Crippen molar-refractivity contribution in [2.75, 3.05) is 0 Å². The van der Waals surface area contributed by atoms with Crippen LogP contribution >= 0.6 is 23.2 Å². The third kappa shape index (κ3) is 4.98. The van der Waals surface area contributed by atoms with E-state index in [9.17, 15) is 14.4 Å². The third-order valence-corrected chi connectivity index (χ3v) is 4.91. The predicted molar refractivity (Wildman–Crippen MR) is 117 cm³/mol. The molecule has 1 heterocycles. The molecule has 0 aliphatic heterocycles. The van der Waals surface area contributed by atoms with Gasteiger partial charge in [-0.3, -0.25) is 25.2 Å². The Balaban J connectivity index is 1.85. The second-order valence-electron chi connectivity index (χ2n) is 6.70. The van der Waals surface area contributed by atoms with Crippen LogP contribution in [0, 0.1) is 0 Å². The number of nitrogens with one attached hydrogen (secondary N) is 2. The molecule has 0 unspecified atom stereocenters. The van der Waals surface area contributed by atoms with Gasteiger partial charge in [0.15, 0.2) is 5.69 Å². The summed E-state index contributed by atoms with van der Waals surface area (Å²) in [6, 6.07) is 11.1. The van der Waals surface area contributed by atoms with Gasteiger partial charge in [0.05, 0.1) is 5.39 Å². The Bertz CT molecular complexity index is 1140. The molecule has 3 rings (SSSR count). The summed E-state index contributed by atoms with van der Waals surface area (Å²) in [6.45, 7) is 2.47. The number of halogens is 2. The molecule has 1 aromatic heterocycles. The number of aromatic nitrogens is 2. The molecule has 0 saturated heterocycles. The van der Waals surface area contributed by atoms with Crippen molar-refractivity contribution in [3.05, 3.63) is 74.1 Å². The molecule has 0 saturated carbocycles. The lowest BCUT2D eigenvalue weighted by Gasteiger charge is -2.12. The van der Waals surface area contributed by atoms with Crippen LogP contribution in [0.5, 0.6) is 0 Å². The maximum Gasteiger partial charge on any atom is 0.290 e. The summed E-state index contributed by atoms with van der Waals surface area (Å²) in [4.78, 5) is 37.8. The van der Waals surface area contributed by atoms with Crippen LogP contribution in [-0.4, -0.2) is 21.6 Å². The van der Waals surface area contributed by atoms with Crippen molar-refractivity contribution in [2.45, 2.75) is 32.7 Å². The number of hydrazine groups is 1. The largest absolute Gasteiger partial charge is 0.290 e. The van der Waals surface area contributed by atoms with Gasteiger partial charge in [-0.1, -0.05) is 61.2 Å². The average Bonchev–Trinajstić information content (AvgIpc) is 2.73. The van der Waals surface area contributed by atoms with E-state index in [1.54, 1.807) is 24.3 Å². The Kier molecular flexibility index (Phi) is 7.07. The molecule has 0 bridgehead atoms. The molecule has 30 heavy (non-hydrogen) atoms. The monoisotopic (exact) mass is 446 g/mol. The highest BCUT2D eigenvalue weighted by atomic mass is 35.5. The minimum atomic E-state index is -0.642. The number of amides is 2. The molecule has 2 amide bonds. The van der Waals surface area contributed by atoms with Crippen molar-refractivity contribution in [1.29, 1.82) is 0 Å². The number of carbonyl (C=O) groups excluding carboxylic acids is 2. The molecule has 9 heteroatoms. The van der Waals surface area contributed by atoms with Crippen LogP contribution in [0.2, 0.25) is 10.0 Å². The number of fused-ring (bicyclic) bond motifs is 1. The summed E-state index contributed by atoms with van der Waals surface area (Å²) in [7, 11) is 0. The zero-order valence-electron chi connectivity index (χ0n) is 16.2. The molecule has 156 valence electrons. The van der Waals surface area contributed by atoms with Crippen LogP contribution in [0.3, 0.4) is 0 Å². The fourth-order valence-electron chi connectivity index (χ4n) is 3.00. The van der Waals surface area contributed by atoms with Gasteiger partial charge in [0.25, 0.3) is 17.4 Å². The van der Waals surface area contributed by atoms with Crippen LogP contribution < -0.4 is 16.4 Å². The van der Waals surface area contributed by atoms with Crippen molar-refractivity contribution in [3.8, 4) is 0 Å². The Morgan fingerprint density at radius 3 is 2.27 bits per heavy atom. The molecule has 0 atom stereocenters. The molecule has 7 nitrogen and oxygen atoms in total. The van der Waals surface area contributed by atoms with Crippen molar-refractivity contribution in [2.24, 2.45) is 0 Å². The SMILES string of the molecule is CCCCCn1nc(C(=O)NNC(=O)c2cc(Cl)cc(Cl)c2)c2ccccc2c1=O. The predicted octanol–water partition coefficient (Wildman–Crippen LogP) is 3.97. The normalized spacial score (nSPS) is 10.8. The lowest BCUT2D eigenvalue weighted by atomic mass is 10.1. The first-order valence-corrected chi connectivity index (χ1v) is 10.2. The molecule has 2 aromatic carbocycles. The maximum absolute atomic E-state index is 12.8. The maximum atomic E-state index is 12.8. The molecule has 0 spiro atoms. The number of carbonyl (C=O) groups is 2. The summed E-state index contributed by atoms with van der Waals surface area (Å²) >= 11 is 11.8. The van der Waals surface area contributed by atoms with Crippen LogP contribution in [0.25, 0.3) is 10.8 Å². The molecule has 0 aliphatic rings. The van der Waals surface area contributed by atoms with Crippen molar-refractivity contribution >= 4 is 45.8 Å². The first kappa shape index (κ1) is 21.8. The van der Waals surface area contributed by atoms with Gasteiger partial charge in [-0.2, -0.15) is 5.10 Å². The lowest BCUT2D eigenvalue weighted by molar-refractivity contribution is 0.0843. The smallest absolute Gasteiger partial charge is 0.267 e. The highest BCUT2D eigenvalue weighted by molar-refractivity contribution is 6.35. The van der Waals surface area contributed by atoms with Crippen LogP contribution in [0.1, 0.15) is 47.0 Å². The summed E-state index contributed by atoms with van der Waals surface area (Å²) < 4.78 is 1.30. The molecule has 0 radical (unpaired) electrons. The van der Waals surface area contributed by atoms with E-state index in [2.05, 4.69) is 22.9 Å². The Morgan fingerprint density at radius 2 is 1.60 bits per heavy atom. The average molecular weight is 447 g/mol. The summed E-state index contributed by atoms with van der Waals surface area (Å²) in [5, 5.41) is 5.64. The first-order valence-electron chi connectivity index (χ1n) is 9.47. The Labute approximate surface area is 183 Å². The van der Waals surface area contributed by atoms with Gasteiger partial charge in [0.1, 0.15) is 0 Å². The van der Waals surface area contributed by atoms with Crippen molar-refractivity contribution < 1.29 is 9.59 Å². The minimum Gasteiger partial charge on any atom is -0.267 e. The fraction of sp³-hybridized carbons (Fsp3) is 0.238. The van der Waals surface area contributed by atoms with E-state index in [-0.39, 0.29) is 16.8 Å². The summed E-state index contributed by atoms with van der Waals surface area (Å²) in [5.41, 5.74) is 4.64. The van der Waals surface area contributed by atoms with E-state index in [0.29, 0.717) is 27.4 Å². The second-order valence-corrected chi connectivity index (χ2v) is 7.57. The number of aryl methyl sites for hydroxylation is 1. The fourth-order valence-corrected chi connectivity index (χ4v) is 3.52. The molecule has 0 aliphatic carbocycles. The number of hydrogen-bond acceptors (Lipinski definition) is 4. The second kappa shape index (κ2) is 9.73. The molecule has 2 N–H and O–H groups in total. The van der Waals surface area contributed by atoms with E-state index >= 15 is 0 Å². The topological polar surface area (TPSA) is 93.1 Å². The third-order valence-electron chi connectivity index (χ3n) is 4.47. The minimum absolute atomic E-state index is 0.0473. The summed E-state index contributed by atoms with van der Waals surface area (Å²) in [5.74, 6) is -1.23. The Hall–Kier alpha value is -2.90. The van der Waals surface area contributed by atoms with Gasteiger partial charge in [0.2, 0.25) is 0 Å². The lowest BCUT2D eigenvalue weighted by Crippen LogP contribution is -2.42. The zero-order valence-corrected chi connectivity index (χ0v) is 17.8. The Morgan fingerprint density at radius 1 is 0.967 bits per heavy atom. The van der Waals surface area contributed by atoms with E-state index in [4.69, 9.17) is 23.2 Å². The van der Waals surface area contributed by atoms with E-state index in [0.717, 1.165) is 19.3 Å². The molecular formula is C21H20Cl2N4O3. The van der Waals surface area contributed by atoms with Gasteiger partial charge in [-0.25, -0.2) is 4.68 Å². The van der Waals surface area contributed by atoms with Gasteiger partial charge in [-0.05, 0) is 30.7 Å². The quantitative estimate of drug-likeness (QED) is 0.442. The van der Waals surface area contributed by atoms with Crippen LogP contribution in [-0.2, 0) is 6.54 Å². The van der Waals surface area contributed by atoms with E-state index < -0.39 is 11.8 Å². The first-order chi connectivity index (χ1) is 14.4. The summed E-state index contributed by atoms with van der Waals surface area (Å²) in [6.07, 6.45) is 2.71. The van der Waals surface area contributed by atoms with Crippen LogP contribution in [0.15, 0.2) is 47.3 Å². The van der Waals surface area contributed by atoms with Crippen molar-refractivity contribution in [1.82, 2.24) is 20.6 Å². The number of hydrogen-bond donors (Lipinski definition) is 2. The van der Waals surface area contributed by atoms with Gasteiger partial charge >= 0.3 is 0 Å². The highest BCUT2D eigenvalue weighted by Gasteiger charge is 2.17. The molecule has 0 fully saturated rings. The van der Waals surface area contributed by atoms with Gasteiger partial charge < -0.3 is 0 Å². The zero-order chi connectivity index (χ0) is 21.7.